The predicted molar refractivity (Wildman–Crippen MR) is 91.0 cm³/mol. The molecule has 0 fully saturated rings. The van der Waals surface area contributed by atoms with Crippen molar-refractivity contribution in [3.05, 3.63) is 34.9 Å². The van der Waals surface area contributed by atoms with Crippen LogP contribution in [0.5, 0.6) is 11.5 Å². The Morgan fingerprint density at radius 2 is 2.08 bits per heavy atom. The number of carboxylic acid groups (broad SMARTS) is 1. The van der Waals surface area contributed by atoms with Crippen molar-refractivity contribution >= 4 is 29.4 Å². The first kappa shape index (κ1) is 20.3. The number of halogens is 1. The molecule has 0 aliphatic heterocycles. The molecule has 0 spiro atoms. The number of allylic oxidation sites excluding steroid dienone is 1. The summed E-state index contributed by atoms with van der Waals surface area (Å²) in [6.45, 7) is 1.34. The second-order valence-corrected chi connectivity index (χ2v) is 5.32. The number of amides is 2. The Balaban J connectivity index is 3.04. The third kappa shape index (κ3) is 6.00. The molecule has 1 aromatic carbocycles. The molecule has 8 nitrogen and oxygen atoms in total. The van der Waals surface area contributed by atoms with Crippen molar-refractivity contribution in [2.45, 2.75) is 19.4 Å². The van der Waals surface area contributed by atoms with Crippen LogP contribution >= 0.6 is 11.6 Å². The molecule has 0 saturated carbocycles. The fourth-order valence-corrected chi connectivity index (χ4v) is 2.13. The molecule has 2 amide bonds. The SMILES string of the molecule is C/C=C/CC(NC(=O)c1cc(Cl)c(OCC(N)=O)c(OC)c1)C(=O)O. The molecular formula is C16H19ClN2O6. The van der Waals surface area contributed by atoms with Gasteiger partial charge in [0, 0.05) is 5.56 Å². The van der Waals surface area contributed by atoms with Gasteiger partial charge in [-0.1, -0.05) is 23.8 Å². The molecule has 4 N–H and O–H groups in total. The number of ether oxygens (including phenoxy) is 2. The van der Waals surface area contributed by atoms with Crippen LogP contribution in [0.4, 0.5) is 0 Å². The number of hydrogen-bond donors (Lipinski definition) is 3. The van der Waals surface area contributed by atoms with E-state index >= 15 is 0 Å². The molecule has 0 bridgehead atoms. The highest BCUT2D eigenvalue weighted by molar-refractivity contribution is 6.32. The van der Waals surface area contributed by atoms with Crippen LogP contribution in [-0.2, 0) is 9.59 Å². The normalized spacial score (nSPS) is 11.8. The Labute approximate surface area is 149 Å². The van der Waals surface area contributed by atoms with Crippen molar-refractivity contribution in [3.63, 3.8) is 0 Å². The zero-order valence-electron chi connectivity index (χ0n) is 13.7. The summed E-state index contributed by atoms with van der Waals surface area (Å²) in [6, 6.07) is 1.52. The molecule has 1 atom stereocenters. The van der Waals surface area contributed by atoms with E-state index < -0.39 is 30.4 Å². The quantitative estimate of drug-likeness (QED) is 0.563. The summed E-state index contributed by atoms with van der Waals surface area (Å²) in [4.78, 5) is 34.3. The van der Waals surface area contributed by atoms with Gasteiger partial charge in [0.05, 0.1) is 12.1 Å². The number of carboxylic acids is 1. The highest BCUT2D eigenvalue weighted by atomic mass is 35.5. The number of benzene rings is 1. The smallest absolute Gasteiger partial charge is 0.326 e. The van der Waals surface area contributed by atoms with Crippen LogP contribution in [0.3, 0.4) is 0 Å². The van der Waals surface area contributed by atoms with E-state index in [1.807, 2.05) is 0 Å². The summed E-state index contributed by atoms with van der Waals surface area (Å²) < 4.78 is 10.3. The number of carbonyl (C=O) groups is 3. The highest BCUT2D eigenvalue weighted by Gasteiger charge is 2.22. The fourth-order valence-electron chi connectivity index (χ4n) is 1.87. The molecule has 1 unspecified atom stereocenters. The number of carbonyl (C=O) groups excluding carboxylic acids is 2. The maximum Gasteiger partial charge on any atom is 0.326 e. The molecule has 0 aromatic heterocycles. The van der Waals surface area contributed by atoms with Gasteiger partial charge in [-0.2, -0.15) is 0 Å². The largest absolute Gasteiger partial charge is 0.493 e. The van der Waals surface area contributed by atoms with E-state index in [1.54, 1.807) is 19.1 Å². The monoisotopic (exact) mass is 370 g/mol. The van der Waals surface area contributed by atoms with E-state index in [4.69, 9.17) is 31.9 Å². The summed E-state index contributed by atoms with van der Waals surface area (Å²) in [5, 5.41) is 11.6. The zero-order chi connectivity index (χ0) is 19.0. The predicted octanol–water partition coefficient (Wildman–Crippen LogP) is 1.36. The molecule has 1 aromatic rings. The van der Waals surface area contributed by atoms with Gasteiger partial charge in [-0.25, -0.2) is 4.79 Å². The number of rotatable bonds is 9. The second-order valence-electron chi connectivity index (χ2n) is 4.91. The number of nitrogens with one attached hydrogen (secondary N) is 1. The van der Waals surface area contributed by atoms with E-state index in [0.29, 0.717) is 0 Å². The number of nitrogens with two attached hydrogens (primary N) is 1. The number of aliphatic carboxylic acids is 1. The van der Waals surface area contributed by atoms with Gasteiger partial charge in [-0.05, 0) is 25.5 Å². The first-order valence-corrected chi connectivity index (χ1v) is 7.61. The second kappa shape index (κ2) is 9.53. The van der Waals surface area contributed by atoms with E-state index in [9.17, 15) is 14.4 Å². The van der Waals surface area contributed by atoms with Gasteiger partial charge in [0.1, 0.15) is 6.04 Å². The highest BCUT2D eigenvalue weighted by Crippen LogP contribution is 2.36. The van der Waals surface area contributed by atoms with Crippen LogP contribution in [0, 0.1) is 0 Å². The minimum absolute atomic E-state index is 0.0195. The Bertz CT molecular complexity index is 689. The summed E-state index contributed by atoms with van der Waals surface area (Å²) in [5.41, 5.74) is 5.09. The lowest BCUT2D eigenvalue weighted by Gasteiger charge is -2.15. The number of methoxy groups -OCH3 is 1. The van der Waals surface area contributed by atoms with Gasteiger partial charge in [-0.3, -0.25) is 9.59 Å². The third-order valence-corrected chi connectivity index (χ3v) is 3.34. The average molecular weight is 371 g/mol. The topological polar surface area (TPSA) is 128 Å². The minimum Gasteiger partial charge on any atom is -0.493 e. The van der Waals surface area contributed by atoms with Gasteiger partial charge >= 0.3 is 5.97 Å². The number of primary amides is 1. The molecule has 9 heteroatoms. The molecule has 25 heavy (non-hydrogen) atoms. The summed E-state index contributed by atoms with van der Waals surface area (Å²) in [6.07, 6.45) is 3.46. The van der Waals surface area contributed by atoms with Crippen molar-refractivity contribution < 1.29 is 29.0 Å². The van der Waals surface area contributed by atoms with E-state index in [-0.39, 0.29) is 28.5 Å². The van der Waals surface area contributed by atoms with Gasteiger partial charge in [0.2, 0.25) is 0 Å². The van der Waals surface area contributed by atoms with Crippen LogP contribution in [0.25, 0.3) is 0 Å². The molecule has 136 valence electrons. The summed E-state index contributed by atoms with van der Waals surface area (Å²) in [5.74, 6) is -2.33. The van der Waals surface area contributed by atoms with Gasteiger partial charge in [0.15, 0.2) is 18.1 Å². The Hall–Kier alpha value is -2.74. The maximum atomic E-state index is 12.3. The molecule has 0 aliphatic rings. The van der Waals surface area contributed by atoms with Crippen molar-refractivity contribution in [2.75, 3.05) is 13.7 Å². The third-order valence-electron chi connectivity index (χ3n) is 3.06. The van der Waals surface area contributed by atoms with Crippen molar-refractivity contribution in [2.24, 2.45) is 5.73 Å². The molecular weight excluding hydrogens is 352 g/mol. The van der Waals surface area contributed by atoms with Gasteiger partial charge < -0.3 is 25.6 Å². The summed E-state index contributed by atoms with van der Waals surface area (Å²) in [7, 11) is 1.33. The van der Waals surface area contributed by atoms with Crippen molar-refractivity contribution in [1.29, 1.82) is 0 Å². The zero-order valence-corrected chi connectivity index (χ0v) is 14.5. The van der Waals surface area contributed by atoms with Crippen LogP contribution in [0.2, 0.25) is 5.02 Å². The average Bonchev–Trinajstić information content (AvgIpc) is 2.55. The molecule has 1 rings (SSSR count). The van der Waals surface area contributed by atoms with Gasteiger partial charge in [-0.15, -0.1) is 0 Å². The fraction of sp³-hybridized carbons (Fsp3) is 0.312. The molecule has 0 saturated heterocycles. The first-order chi connectivity index (χ1) is 11.8. The molecule has 0 radical (unpaired) electrons. The first-order valence-electron chi connectivity index (χ1n) is 7.23. The van der Waals surface area contributed by atoms with E-state index in [1.165, 1.54) is 19.2 Å². The lowest BCUT2D eigenvalue weighted by molar-refractivity contribution is -0.139. The minimum atomic E-state index is -1.16. The van der Waals surface area contributed by atoms with Crippen LogP contribution in [0.15, 0.2) is 24.3 Å². The lowest BCUT2D eigenvalue weighted by Crippen LogP contribution is -2.40. The Morgan fingerprint density at radius 3 is 2.60 bits per heavy atom. The summed E-state index contributed by atoms with van der Waals surface area (Å²) >= 11 is 6.06. The van der Waals surface area contributed by atoms with Crippen molar-refractivity contribution in [3.8, 4) is 11.5 Å². The maximum absolute atomic E-state index is 12.3. The molecule has 0 aliphatic carbocycles. The Kier molecular flexibility index (Phi) is 7.74. The van der Waals surface area contributed by atoms with Gasteiger partial charge in [0.25, 0.3) is 11.8 Å². The van der Waals surface area contributed by atoms with Crippen LogP contribution in [-0.4, -0.2) is 42.6 Å². The van der Waals surface area contributed by atoms with Crippen molar-refractivity contribution in [1.82, 2.24) is 5.32 Å². The van der Waals surface area contributed by atoms with Crippen LogP contribution < -0.4 is 20.5 Å². The molecule has 0 heterocycles. The van der Waals surface area contributed by atoms with E-state index in [0.717, 1.165) is 0 Å². The number of hydrogen-bond acceptors (Lipinski definition) is 5. The Morgan fingerprint density at radius 1 is 1.40 bits per heavy atom. The standard InChI is InChI=1S/C16H19ClN2O6/c1-3-4-5-11(16(22)23)19-15(21)9-6-10(17)14(12(7-9)24-2)25-8-13(18)20/h3-4,6-7,11H,5,8H2,1-2H3,(H2,18,20)(H,19,21)(H,22,23)/b4-3+. The lowest BCUT2D eigenvalue weighted by atomic mass is 10.1. The van der Waals surface area contributed by atoms with E-state index in [2.05, 4.69) is 5.32 Å². The van der Waals surface area contributed by atoms with Crippen LogP contribution in [0.1, 0.15) is 23.7 Å².